The minimum absolute atomic E-state index is 0.781. The van der Waals surface area contributed by atoms with Gasteiger partial charge in [0.15, 0.2) is 0 Å². The third-order valence-corrected chi connectivity index (χ3v) is 1.41. The van der Waals surface area contributed by atoms with Crippen LogP contribution in [0.5, 0.6) is 0 Å². The Bertz CT molecular complexity index is 317. The molecule has 0 aromatic rings. The summed E-state index contributed by atoms with van der Waals surface area (Å²) in [7, 11) is 0. The molecule has 4 heteroatoms. The second-order valence-electron chi connectivity index (χ2n) is 2.05. The normalized spacial score (nSPS) is 10.5. The van der Waals surface area contributed by atoms with Gasteiger partial charge < -0.3 is 4.52 Å². The van der Waals surface area contributed by atoms with E-state index in [1.165, 1.54) is 0 Å². The zero-order valence-corrected chi connectivity index (χ0v) is 5.40. The van der Waals surface area contributed by atoms with E-state index >= 15 is 0 Å². The van der Waals surface area contributed by atoms with Crippen LogP contribution in [-0.4, -0.2) is 15.4 Å². The van der Waals surface area contributed by atoms with E-state index in [-0.39, 0.29) is 0 Å². The van der Waals surface area contributed by atoms with Crippen molar-refractivity contribution in [2.24, 2.45) is 0 Å². The average molecular weight is 135 g/mol. The summed E-state index contributed by atoms with van der Waals surface area (Å²) in [5.74, 6) is 0. The summed E-state index contributed by atoms with van der Waals surface area (Å²) in [6, 6.07) is 0. The molecular weight excluding hydrogens is 130 g/mol. The van der Waals surface area contributed by atoms with Crippen LogP contribution in [0.25, 0.3) is 11.3 Å². The molecule has 0 amide bonds. The van der Waals surface area contributed by atoms with Gasteiger partial charge in [0.25, 0.3) is 0 Å². The van der Waals surface area contributed by atoms with Gasteiger partial charge in [0.05, 0.1) is 17.5 Å². The van der Waals surface area contributed by atoms with Crippen molar-refractivity contribution in [3.8, 4) is 11.3 Å². The molecule has 0 spiro atoms. The van der Waals surface area contributed by atoms with Gasteiger partial charge in [0.2, 0.25) is 0 Å². The SMILES string of the molecule is Cc1ncc2nnocc1-2. The molecule has 10 heavy (non-hydrogen) atoms. The van der Waals surface area contributed by atoms with Crippen molar-refractivity contribution in [1.29, 1.82) is 0 Å². The number of aryl methyl sites for hydroxylation is 1. The second-order valence-corrected chi connectivity index (χ2v) is 2.05. The number of hydrogen-bond acceptors (Lipinski definition) is 4. The lowest BCUT2D eigenvalue weighted by atomic mass is 10.2. The number of fused-ring (bicyclic) bond motifs is 1. The maximum atomic E-state index is 4.63. The summed E-state index contributed by atoms with van der Waals surface area (Å²) in [6.45, 7) is 1.90. The van der Waals surface area contributed by atoms with Crippen LogP contribution in [0.3, 0.4) is 0 Å². The van der Waals surface area contributed by atoms with E-state index in [9.17, 15) is 0 Å². The molecule has 0 aliphatic carbocycles. The molecule has 0 saturated carbocycles. The highest BCUT2D eigenvalue weighted by atomic mass is 16.5. The van der Waals surface area contributed by atoms with Crippen molar-refractivity contribution in [2.45, 2.75) is 6.92 Å². The van der Waals surface area contributed by atoms with Crippen LogP contribution in [0.2, 0.25) is 0 Å². The molecule has 2 aliphatic rings. The second kappa shape index (κ2) is 1.76. The maximum absolute atomic E-state index is 4.63. The molecular formula is C6H5N3O. The van der Waals surface area contributed by atoms with Gasteiger partial charge in [0.1, 0.15) is 12.0 Å². The first-order chi connectivity index (χ1) is 4.88. The quantitative estimate of drug-likeness (QED) is 0.538. The Morgan fingerprint density at radius 2 is 2.40 bits per heavy atom. The van der Waals surface area contributed by atoms with Gasteiger partial charge in [-0.15, -0.1) is 5.10 Å². The van der Waals surface area contributed by atoms with E-state index in [4.69, 9.17) is 0 Å². The highest BCUT2D eigenvalue weighted by molar-refractivity contribution is 5.60. The molecule has 2 heterocycles. The fourth-order valence-corrected chi connectivity index (χ4v) is 0.852. The zero-order valence-electron chi connectivity index (χ0n) is 5.40. The van der Waals surface area contributed by atoms with Gasteiger partial charge in [-0.25, -0.2) is 0 Å². The Kier molecular flexibility index (Phi) is 0.943. The standard InChI is InChI=1S/C6H5N3O/c1-4-5-3-10-9-8-6(5)2-7-4/h2-3H,1H3. The molecule has 2 aliphatic heterocycles. The third kappa shape index (κ3) is 0.586. The van der Waals surface area contributed by atoms with Gasteiger partial charge in [-0.05, 0) is 6.92 Å². The van der Waals surface area contributed by atoms with Crippen LogP contribution in [0, 0.1) is 6.92 Å². The molecule has 0 aromatic heterocycles. The summed E-state index contributed by atoms with van der Waals surface area (Å²) >= 11 is 0. The lowest BCUT2D eigenvalue weighted by molar-refractivity contribution is 0.361. The molecule has 0 N–H and O–H groups in total. The summed E-state index contributed by atoms with van der Waals surface area (Å²) in [5.41, 5.74) is 2.63. The van der Waals surface area contributed by atoms with Gasteiger partial charge >= 0.3 is 0 Å². The fourth-order valence-electron chi connectivity index (χ4n) is 0.852. The van der Waals surface area contributed by atoms with E-state index in [1.54, 1.807) is 12.5 Å². The summed E-state index contributed by atoms with van der Waals surface area (Å²) < 4.78 is 4.63. The molecule has 4 nitrogen and oxygen atoms in total. The average Bonchev–Trinajstić information content (AvgIpc) is 2.34. The summed E-state index contributed by atoms with van der Waals surface area (Å²) in [5, 5.41) is 7.08. The third-order valence-electron chi connectivity index (χ3n) is 1.41. The number of rotatable bonds is 0. The molecule has 0 bridgehead atoms. The smallest absolute Gasteiger partial charge is 0.135 e. The van der Waals surface area contributed by atoms with Gasteiger partial charge in [-0.2, -0.15) is 0 Å². The van der Waals surface area contributed by atoms with Crippen LogP contribution in [-0.2, 0) is 0 Å². The van der Waals surface area contributed by atoms with E-state index in [0.29, 0.717) is 0 Å². The van der Waals surface area contributed by atoms with Crippen molar-refractivity contribution < 1.29 is 4.52 Å². The molecule has 50 valence electrons. The lowest BCUT2D eigenvalue weighted by Gasteiger charge is -1.90. The number of nitrogens with zero attached hydrogens (tertiary/aromatic N) is 3. The predicted molar refractivity (Wildman–Crippen MR) is 33.5 cm³/mol. The zero-order chi connectivity index (χ0) is 6.97. The van der Waals surface area contributed by atoms with Crippen LogP contribution in [0.1, 0.15) is 5.69 Å². The molecule has 0 atom stereocenters. The van der Waals surface area contributed by atoms with Crippen molar-refractivity contribution >= 4 is 0 Å². The Hall–Kier alpha value is -1.45. The van der Waals surface area contributed by atoms with Crippen molar-refractivity contribution in [3.05, 3.63) is 18.2 Å². The van der Waals surface area contributed by atoms with E-state index in [0.717, 1.165) is 17.0 Å². The maximum Gasteiger partial charge on any atom is 0.135 e. The van der Waals surface area contributed by atoms with Gasteiger partial charge in [-0.1, -0.05) is 0 Å². The number of aromatic nitrogens is 3. The number of hydrogen-bond donors (Lipinski definition) is 0. The minimum Gasteiger partial charge on any atom is -0.346 e. The summed E-state index contributed by atoms with van der Waals surface area (Å²) in [6.07, 6.45) is 3.22. The minimum atomic E-state index is 0.781. The molecule has 0 aromatic carbocycles. The van der Waals surface area contributed by atoms with Crippen LogP contribution >= 0.6 is 0 Å². The summed E-state index contributed by atoms with van der Waals surface area (Å²) in [4.78, 5) is 4.03. The van der Waals surface area contributed by atoms with Crippen molar-refractivity contribution in [2.75, 3.05) is 0 Å². The first kappa shape index (κ1) is 5.34. The molecule has 2 rings (SSSR count). The van der Waals surface area contributed by atoms with Gasteiger partial charge in [0, 0.05) is 5.27 Å². The van der Waals surface area contributed by atoms with E-state index in [1.807, 2.05) is 6.92 Å². The van der Waals surface area contributed by atoms with Crippen molar-refractivity contribution in [3.63, 3.8) is 0 Å². The first-order valence-corrected chi connectivity index (χ1v) is 2.90. The van der Waals surface area contributed by atoms with Crippen molar-refractivity contribution in [1.82, 2.24) is 15.4 Å². The predicted octanol–water partition coefficient (Wildman–Crippen LogP) is 0.878. The Labute approximate surface area is 57.2 Å². The molecule has 0 fully saturated rings. The van der Waals surface area contributed by atoms with E-state index in [2.05, 4.69) is 19.9 Å². The first-order valence-electron chi connectivity index (χ1n) is 2.90. The van der Waals surface area contributed by atoms with Crippen LogP contribution in [0.15, 0.2) is 17.0 Å². The van der Waals surface area contributed by atoms with Crippen LogP contribution in [0.4, 0.5) is 0 Å². The van der Waals surface area contributed by atoms with Crippen LogP contribution < -0.4 is 0 Å². The lowest BCUT2D eigenvalue weighted by Crippen LogP contribution is -1.83. The molecule has 0 radical (unpaired) electrons. The highest BCUT2D eigenvalue weighted by Gasteiger charge is 2.08. The Morgan fingerprint density at radius 3 is 3.20 bits per heavy atom. The monoisotopic (exact) mass is 135 g/mol. The topological polar surface area (TPSA) is 51.8 Å². The molecule has 0 unspecified atom stereocenters. The van der Waals surface area contributed by atoms with Gasteiger partial charge in [-0.3, -0.25) is 4.98 Å². The fraction of sp³-hybridized carbons (Fsp3) is 0.167. The van der Waals surface area contributed by atoms with E-state index < -0.39 is 0 Å². The highest BCUT2D eigenvalue weighted by Crippen LogP contribution is 2.19. The largest absolute Gasteiger partial charge is 0.346 e. The molecule has 0 saturated heterocycles. The Balaban J connectivity index is 2.78. The Morgan fingerprint density at radius 1 is 1.50 bits per heavy atom.